The number of alkyl halides is 2. The molecule has 1 aliphatic rings. The number of benzene rings is 1. The van der Waals surface area contributed by atoms with Gasteiger partial charge in [0, 0.05) is 24.2 Å². The summed E-state index contributed by atoms with van der Waals surface area (Å²) in [5, 5.41) is 3.15. The number of thiazole rings is 1. The number of hydrogen-bond donors (Lipinski definition) is 1. The van der Waals surface area contributed by atoms with Crippen molar-refractivity contribution in [1.82, 2.24) is 19.9 Å². The van der Waals surface area contributed by atoms with Gasteiger partial charge in [0.1, 0.15) is 6.04 Å². The molecule has 7 nitrogen and oxygen atoms in total. The van der Waals surface area contributed by atoms with Crippen LogP contribution in [-0.2, 0) is 18.3 Å². The third-order valence-corrected chi connectivity index (χ3v) is 5.74. The SMILES string of the molecule is [2H]C([2H])([2H])n1c(C(F)F)nc2sc(N3CCCC3C(=O)NCc3ccccc3)nc2c1=O. The van der Waals surface area contributed by atoms with Crippen LogP contribution in [0.3, 0.4) is 0 Å². The molecule has 0 spiro atoms. The first-order valence-corrected chi connectivity index (χ1v) is 9.79. The van der Waals surface area contributed by atoms with Crippen molar-refractivity contribution in [3.8, 4) is 0 Å². The van der Waals surface area contributed by atoms with Gasteiger partial charge in [0.15, 0.2) is 21.3 Å². The standard InChI is InChI=1S/C19H19F2N5O2S/c1-25-15(14(20)21)24-17-13(18(25)28)23-19(29-17)26-9-5-8-12(26)16(27)22-10-11-6-3-2-4-7-11/h2-4,6-7,12,14H,5,8-10H2,1H3,(H,22,27)/i1D3. The summed E-state index contributed by atoms with van der Waals surface area (Å²) >= 11 is 0.889. The molecule has 1 N–H and O–H groups in total. The number of nitrogens with zero attached hydrogens (tertiary/aromatic N) is 4. The van der Waals surface area contributed by atoms with E-state index >= 15 is 0 Å². The second kappa shape index (κ2) is 7.86. The molecule has 0 radical (unpaired) electrons. The normalized spacial score (nSPS) is 18.7. The highest BCUT2D eigenvalue weighted by Gasteiger charge is 2.33. The first-order valence-electron chi connectivity index (χ1n) is 10.5. The van der Waals surface area contributed by atoms with E-state index in [-0.39, 0.29) is 26.0 Å². The van der Waals surface area contributed by atoms with E-state index < -0.39 is 30.8 Å². The van der Waals surface area contributed by atoms with Gasteiger partial charge in [0.25, 0.3) is 12.0 Å². The minimum atomic E-state index is -3.25. The number of carbonyl (C=O) groups excluding carboxylic acids is 1. The Hall–Kier alpha value is -2.88. The monoisotopic (exact) mass is 422 g/mol. The minimum Gasteiger partial charge on any atom is -0.350 e. The van der Waals surface area contributed by atoms with E-state index in [1.165, 1.54) is 0 Å². The molecule has 10 heteroatoms. The van der Waals surface area contributed by atoms with Crippen LogP contribution in [0.4, 0.5) is 13.9 Å². The number of rotatable bonds is 5. The van der Waals surface area contributed by atoms with Gasteiger partial charge in [-0.3, -0.25) is 14.2 Å². The van der Waals surface area contributed by atoms with Crippen LogP contribution in [0.1, 0.15) is 34.8 Å². The smallest absolute Gasteiger partial charge is 0.295 e. The zero-order chi connectivity index (χ0) is 23.0. The van der Waals surface area contributed by atoms with E-state index in [9.17, 15) is 18.4 Å². The first-order chi connectivity index (χ1) is 15.2. The van der Waals surface area contributed by atoms with Crippen molar-refractivity contribution < 1.29 is 17.7 Å². The van der Waals surface area contributed by atoms with Gasteiger partial charge in [0.2, 0.25) is 5.91 Å². The zero-order valence-electron chi connectivity index (χ0n) is 18.1. The average molecular weight is 422 g/mol. The van der Waals surface area contributed by atoms with Crippen molar-refractivity contribution in [2.45, 2.75) is 31.9 Å². The number of aromatic nitrogens is 3. The number of anilines is 1. The first kappa shape index (κ1) is 16.0. The van der Waals surface area contributed by atoms with Crippen molar-refractivity contribution in [3.05, 3.63) is 52.1 Å². The van der Waals surface area contributed by atoms with E-state index in [0.717, 1.165) is 16.9 Å². The number of hydrogen-bond acceptors (Lipinski definition) is 6. The molecule has 1 aliphatic heterocycles. The number of amides is 1. The predicted molar refractivity (Wildman–Crippen MR) is 106 cm³/mol. The molecule has 29 heavy (non-hydrogen) atoms. The Morgan fingerprint density at radius 3 is 2.90 bits per heavy atom. The summed E-state index contributed by atoms with van der Waals surface area (Å²) in [5.74, 6) is -1.34. The Kier molecular flexibility index (Phi) is 4.33. The number of nitrogens with one attached hydrogen (secondary N) is 1. The third-order valence-electron chi connectivity index (χ3n) is 4.75. The molecule has 0 bridgehead atoms. The summed E-state index contributed by atoms with van der Waals surface area (Å²) in [6.07, 6.45) is -1.98. The fraction of sp³-hybridized carbons (Fsp3) is 0.368. The lowest BCUT2D eigenvalue weighted by molar-refractivity contribution is -0.122. The van der Waals surface area contributed by atoms with E-state index in [0.29, 0.717) is 25.9 Å². The zero-order valence-corrected chi connectivity index (χ0v) is 16.0. The van der Waals surface area contributed by atoms with Crippen LogP contribution < -0.4 is 15.8 Å². The van der Waals surface area contributed by atoms with Crippen LogP contribution in [0.5, 0.6) is 0 Å². The molecule has 3 heterocycles. The summed E-state index contributed by atoms with van der Waals surface area (Å²) in [4.78, 5) is 35.0. The number of carbonyl (C=O) groups is 1. The van der Waals surface area contributed by atoms with E-state index in [1.807, 2.05) is 30.3 Å². The summed E-state index contributed by atoms with van der Waals surface area (Å²) < 4.78 is 49.2. The predicted octanol–water partition coefficient (Wildman–Crippen LogP) is 2.61. The average Bonchev–Trinajstić information content (AvgIpc) is 3.38. The molecule has 1 atom stereocenters. The van der Waals surface area contributed by atoms with Crippen LogP contribution in [0.15, 0.2) is 35.1 Å². The fourth-order valence-electron chi connectivity index (χ4n) is 3.32. The van der Waals surface area contributed by atoms with Crippen LogP contribution >= 0.6 is 11.3 Å². The van der Waals surface area contributed by atoms with Gasteiger partial charge in [-0.2, -0.15) is 0 Å². The highest BCUT2D eigenvalue weighted by atomic mass is 32.1. The topological polar surface area (TPSA) is 80.1 Å². The van der Waals surface area contributed by atoms with Gasteiger partial charge >= 0.3 is 0 Å². The number of fused-ring (bicyclic) bond motifs is 1. The van der Waals surface area contributed by atoms with Crippen molar-refractivity contribution in [1.29, 1.82) is 0 Å². The molecule has 1 saturated heterocycles. The van der Waals surface area contributed by atoms with Gasteiger partial charge in [-0.15, -0.1) is 0 Å². The van der Waals surface area contributed by atoms with Crippen molar-refractivity contribution in [3.63, 3.8) is 0 Å². The lowest BCUT2D eigenvalue weighted by Gasteiger charge is -2.23. The van der Waals surface area contributed by atoms with E-state index in [1.54, 1.807) is 4.90 Å². The molecule has 1 fully saturated rings. The summed E-state index contributed by atoms with van der Waals surface area (Å²) in [6, 6.07) is 8.86. The van der Waals surface area contributed by atoms with Crippen LogP contribution in [0.2, 0.25) is 0 Å². The Balaban J connectivity index is 1.64. The maximum Gasteiger partial charge on any atom is 0.295 e. The molecule has 0 aliphatic carbocycles. The Bertz CT molecular complexity index is 1200. The Morgan fingerprint density at radius 1 is 1.38 bits per heavy atom. The van der Waals surface area contributed by atoms with Crippen molar-refractivity contribution in [2.75, 3.05) is 11.4 Å². The molecule has 0 saturated carbocycles. The van der Waals surface area contributed by atoms with Crippen LogP contribution in [0, 0.1) is 0 Å². The van der Waals surface area contributed by atoms with Gasteiger partial charge < -0.3 is 10.2 Å². The van der Waals surface area contributed by atoms with E-state index in [2.05, 4.69) is 15.3 Å². The van der Waals surface area contributed by atoms with E-state index in [4.69, 9.17) is 4.11 Å². The van der Waals surface area contributed by atoms with Crippen LogP contribution in [0.25, 0.3) is 10.3 Å². The van der Waals surface area contributed by atoms with Crippen molar-refractivity contribution in [2.24, 2.45) is 6.98 Å². The molecule has 152 valence electrons. The molecule has 1 unspecified atom stereocenters. The maximum absolute atomic E-state index is 13.4. The molecule has 3 aromatic rings. The minimum absolute atomic E-state index is 0.0114. The fourth-order valence-corrected chi connectivity index (χ4v) is 4.33. The third kappa shape index (κ3) is 3.71. The largest absolute Gasteiger partial charge is 0.350 e. The molecular formula is C19H19F2N5O2S. The van der Waals surface area contributed by atoms with Gasteiger partial charge in [-0.25, -0.2) is 18.7 Å². The highest BCUT2D eigenvalue weighted by Crippen LogP contribution is 2.32. The summed E-state index contributed by atoms with van der Waals surface area (Å²) in [5.41, 5.74) is -0.516. The van der Waals surface area contributed by atoms with Gasteiger partial charge in [-0.05, 0) is 18.4 Å². The van der Waals surface area contributed by atoms with Gasteiger partial charge in [-0.1, -0.05) is 41.7 Å². The Morgan fingerprint density at radius 2 is 2.17 bits per heavy atom. The molecule has 1 amide bonds. The molecule has 2 aromatic heterocycles. The number of halogens is 2. The summed E-state index contributed by atoms with van der Waals surface area (Å²) in [6.45, 7) is -2.29. The summed E-state index contributed by atoms with van der Waals surface area (Å²) in [7, 11) is 0. The second-order valence-electron chi connectivity index (χ2n) is 6.62. The Labute approximate surface area is 173 Å². The van der Waals surface area contributed by atoms with Crippen molar-refractivity contribution >= 4 is 32.7 Å². The molecule has 1 aromatic carbocycles. The molecular weight excluding hydrogens is 400 g/mol. The van der Waals surface area contributed by atoms with Crippen LogP contribution in [-0.4, -0.2) is 33.0 Å². The molecule has 4 rings (SSSR count). The second-order valence-corrected chi connectivity index (χ2v) is 7.57. The highest BCUT2D eigenvalue weighted by molar-refractivity contribution is 7.21. The lowest BCUT2D eigenvalue weighted by atomic mass is 10.2. The quantitative estimate of drug-likeness (QED) is 0.684. The van der Waals surface area contributed by atoms with Gasteiger partial charge in [0.05, 0.1) is 0 Å². The lowest BCUT2D eigenvalue weighted by Crippen LogP contribution is -2.43. The maximum atomic E-state index is 13.4.